The molecule has 2 rings (SSSR count). The van der Waals surface area contributed by atoms with Gasteiger partial charge in [0.1, 0.15) is 5.02 Å². The van der Waals surface area contributed by atoms with Crippen LogP contribution >= 0.6 is 11.6 Å². The predicted octanol–water partition coefficient (Wildman–Crippen LogP) is 1.85. The van der Waals surface area contributed by atoms with Gasteiger partial charge in [0, 0.05) is 19.2 Å². The molecule has 1 heterocycles. The van der Waals surface area contributed by atoms with Crippen LogP contribution in [0.15, 0.2) is 18.2 Å². The van der Waals surface area contributed by atoms with Crippen molar-refractivity contribution in [3.05, 3.63) is 38.9 Å². The highest BCUT2D eigenvalue weighted by molar-refractivity contribution is 6.35. The number of benzene rings is 1. The molecule has 1 aliphatic rings. The predicted molar refractivity (Wildman–Crippen MR) is 69.3 cm³/mol. The lowest BCUT2D eigenvalue weighted by Gasteiger charge is -2.30. The molecule has 7 heteroatoms. The number of likely N-dealkylation sites (tertiary alicyclic amines) is 1. The van der Waals surface area contributed by atoms with Gasteiger partial charge in [-0.1, -0.05) is 17.7 Å². The van der Waals surface area contributed by atoms with E-state index in [9.17, 15) is 20.0 Å². The Morgan fingerprint density at radius 2 is 2.26 bits per heavy atom. The lowest BCUT2D eigenvalue weighted by Crippen LogP contribution is -2.42. The molecule has 1 saturated heterocycles. The highest BCUT2D eigenvalue weighted by atomic mass is 35.5. The standard InChI is InChI=1S/C12H13ClN2O4/c13-11-9(4-1-5-10(11)15(18)19)12(17)14-6-2-3-8(16)7-14/h1,4-5,8,16H,2-3,6-7H2/t8-/m0/s1. The number of aliphatic hydroxyl groups excluding tert-OH is 1. The molecular weight excluding hydrogens is 272 g/mol. The minimum absolute atomic E-state index is 0.102. The molecule has 1 fully saturated rings. The van der Waals surface area contributed by atoms with Gasteiger partial charge >= 0.3 is 0 Å². The first-order chi connectivity index (χ1) is 9.00. The fourth-order valence-electron chi connectivity index (χ4n) is 2.14. The van der Waals surface area contributed by atoms with E-state index in [0.717, 1.165) is 0 Å². The van der Waals surface area contributed by atoms with Gasteiger partial charge in [-0.25, -0.2) is 0 Å². The van der Waals surface area contributed by atoms with E-state index in [1.807, 2.05) is 0 Å². The van der Waals surface area contributed by atoms with Gasteiger partial charge < -0.3 is 10.0 Å². The summed E-state index contributed by atoms with van der Waals surface area (Å²) in [6, 6.07) is 4.14. The minimum atomic E-state index is -0.621. The summed E-state index contributed by atoms with van der Waals surface area (Å²) in [6.45, 7) is 0.757. The summed E-state index contributed by atoms with van der Waals surface area (Å²) in [5, 5.41) is 20.2. The first-order valence-corrected chi connectivity index (χ1v) is 6.28. The molecule has 1 atom stereocenters. The number of carbonyl (C=O) groups is 1. The number of rotatable bonds is 2. The number of aliphatic hydroxyl groups is 1. The molecule has 1 amide bonds. The van der Waals surface area contributed by atoms with Crippen molar-refractivity contribution in [2.45, 2.75) is 18.9 Å². The van der Waals surface area contributed by atoms with Crippen LogP contribution < -0.4 is 0 Å². The van der Waals surface area contributed by atoms with Crippen LogP contribution in [0.2, 0.25) is 5.02 Å². The van der Waals surface area contributed by atoms with Gasteiger partial charge in [-0.05, 0) is 18.9 Å². The smallest absolute Gasteiger partial charge is 0.288 e. The number of nitro benzene ring substituents is 1. The highest BCUT2D eigenvalue weighted by Crippen LogP contribution is 2.29. The van der Waals surface area contributed by atoms with E-state index in [0.29, 0.717) is 19.4 Å². The van der Waals surface area contributed by atoms with Crippen LogP contribution in [0.3, 0.4) is 0 Å². The molecule has 0 unspecified atom stereocenters. The number of halogens is 1. The van der Waals surface area contributed by atoms with Crippen LogP contribution in [0.25, 0.3) is 0 Å². The summed E-state index contributed by atoms with van der Waals surface area (Å²) in [5.41, 5.74) is -0.185. The van der Waals surface area contributed by atoms with Crippen LogP contribution in [0, 0.1) is 10.1 Å². The molecule has 6 nitrogen and oxygen atoms in total. The van der Waals surface area contributed by atoms with Crippen molar-refractivity contribution in [2.75, 3.05) is 13.1 Å². The number of amides is 1. The number of carbonyl (C=O) groups excluding carboxylic acids is 1. The average molecular weight is 285 g/mol. The average Bonchev–Trinajstić information content (AvgIpc) is 2.38. The van der Waals surface area contributed by atoms with Crippen molar-refractivity contribution in [2.24, 2.45) is 0 Å². The molecule has 0 aliphatic carbocycles. The molecule has 1 aromatic carbocycles. The molecule has 102 valence electrons. The zero-order valence-electron chi connectivity index (χ0n) is 10.1. The van der Waals surface area contributed by atoms with Crippen molar-refractivity contribution in [1.82, 2.24) is 4.90 Å². The van der Waals surface area contributed by atoms with E-state index >= 15 is 0 Å². The summed E-state index contributed by atoms with van der Waals surface area (Å²) in [7, 11) is 0. The Bertz CT molecular complexity index is 520. The Balaban J connectivity index is 2.28. The van der Waals surface area contributed by atoms with Crippen molar-refractivity contribution < 1.29 is 14.8 Å². The number of nitrogens with zero attached hydrogens (tertiary/aromatic N) is 2. The molecule has 19 heavy (non-hydrogen) atoms. The van der Waals surface area contributed by atoms with E-state index in [2.05, 4.69) is 0 Å². The molecule has 0 radical (unpaired) electrons. The molecule has 0 spiro atoms. The van der Waals surface area contributed by atoms with E-state index in [4.69, 9.17) is 11.6 Å². The largest absolute Gasteiger partial charge is 0.391 e. The van der Waals surface area contributed by atoms with Gasteiger partial charge in [-0.2, -0.15) is 0 Å². The second-order valence-electron chi connectivity index (χ2n) is 4.44. The molecule has 0 aromatic heterocycles. The first-order valence-electron chi connectivity index (χ1n) is 5.91. The van der Waals surface area contributed by atoms with E-state index < -0.39 is 11.0 Å². The van der Waals surface area contributed by atoms with Gasteiger partial charge in [0.25, 0.3) is 11.6 Å². The zero-order valence-corrected chi connectivity index (χ0v) is 10.8. The van der Waals surface area contributed by atoms with E-state index in [1.54, 1.807) is 0 Å². The molecule has 0 saturated carbocycles. The van der Waals surface area contributed by atoms with Crippen LogP contribution in [0.5, 0.6) is 0 Å². The van der Waals surface area contributed by atoms with Gasteiger partial charge in [0.05, 0.1) is 16.6 Å². The lowest BCUT2D eigenvalue weighted by molar-refractivity contribution is -0.384. The normalized spacial score (nSPS) is 19.3. The summed E-state index contributed by atoms with van der Waals surface area (Å²) < 4.78 is 0. The fourth-order valence-corrected chi connectivity index (χ4v) is 2.41. The SMILES string of the molecule is O=C(c1cccc([N+](=O)[O-])c1Cl)N1CCC[C@H](O)C1. The number of β-amino-alcohol motifs (C(OH)–C–C–N with tert-alkyl or cyclic N) is 1. The van der Waals surface area contributed by atoms with Gasteiger partial charge in [0.2, 0.25) is 0 Å². The second kappa shape index (κ2) is 5.54. The molecule has 0 bridgehead atoms. The van der Waals surface area contributed by atoms with Crippen molar-refractivity contribution in [1.29, 1.82) is 0 Å². The molecule has 1 N–H and O–H groups in total. The van der Waals surface area contributed by atoms with Crippen LogP contribution in [0.1, 0.15) is 23.2 Å². The number of hydrogen-bond donors (Lipinski definition) is 1. The number of hydrogen-bond acceptors (Lipinski definition) is 4. The monoisotopic (exact) mass is 284 g/mol. The van der Waals surface area contributed by atoms with Crippen molar-refractivity contribution in [3.8, 4) is 0 Å². The molecule has 1 aromatic rings. The molecular formula is C12H13ClN2O4. The van der Waals surface area contributed by atoms with E-state index in [-0.39, 0.29) is 28.7 Å². The van der Waals surface area contributed by atoms with Crippen molar-refractivity contribution >= 4 is 23.2 Å². The van der Waals surface area contributed by atoms with Crippen LogP contribution in [0.4, 0.5) is 5.69 Å². The Labute approximate surface area is 114 Å². The third-order valence-corrected chi connectivity index (χ3v) is 3.49. The molecule has 1 aliphatic heterocycles. The van der Waals surface area contributed by atoms with E-state index in [1.165, 1.54) is 23.1 Å². The maximum absolute atomic E-state index is 12.2. The van der Waals surface area contributed by atoms with Crippen LogP contribution in [-0.4, -0.2) is 40.0 Å². The Kier molecular flexibility index (Phi) is 4.01. The topological polar surface area (TPSA) is 83.7 Å². The summed E-state index contributed by atoms with van der Waals surface area (Å²) in [6.07, 6.45) is 0.821. The van der Waals surface area contributed by atoms with Crippen LogP contribution in [-0.2, 0) is 0 Å². The number of piperidine rings is 1. The second-order valence-corrected chi connectivity index (χ2v) is 4.82. The number of nitro groups is 1. The first kappa shape index (κ1) is 13.8. The van der Waals surface area contributed by atoms with Gasteiger partial charge in [-0.15, -0.1) is 0 Å². The third-order valence-electron chi connectivity index (χ3n) is 3.09. The third kappa shape index (κ3) is 2.85. The quantitative estimate of drug-likeness (QED) is 0.663. The Morgan fingerprint density at radius 1 is 1.53 bits per heavy atom. The Morgan fingerprint density at radius 3 is 2.89 bits per heavy atom. The summed E-state index contributed by atoms with van der Waals surface area (Å²) in [5.74, 6) is -0.382. The van der Waals surface area contributed by atoms with Crippen molar-refractivity contribution in [3.63, 3.8) is 0 Å². The maximum Gasteiger partial charge on any atom is 0.288 e. The van der Waals surface area contributed by atoms with Gasteiger partial charge in [-0.3, -0.25) is 14.9 Å². The van der Waals surface area contributed by atoms with Gasteiger partial charge in [0.15, 0.2) is 0 Å². The summed E-state index contributed by atoms with van der Waals surface area (Å²) in [4.78, 5) is 23.9. The zero-order chi connectivity index (χ0) is 14.0. The highest BCUT2D eigenvalue weighted by Gasteiger charge is 2.27. The fraction of sp³-hybridized carbons (Fsp3) is 0.417. The minimum Gasteiger partial charge on any atom is -0.391 e. The lowest BCUT2D eigenvalue weighted by atomic mass is 10.1. The maximum atomic E-state index is 12.2. The summed E-state index contributed by atoms with van der Waals surface area (Å²) >= 11 is 5.90. The Hall–Kier alpha value is -1.66.